The minimum Gasteiger partial charge on any atom is -0.481 e. The van der Waals surface area contributed by atoms with E-state index in [0.717, 1.165) is 31.7 Å². The number of carbonyl (C=O) groups excluding carboxylic acids is 1. The van der Waals surface area contributed by atoms with E-state index in [4.69, 9.17) is 5.11 Å². The van der Waals surface area contributed by atoms with Crippen molar-refractivity contribution in [1.82, 2.24) is 10.2 Å². The molecule has 2 heterocycles. The fourth-order valence-electron chi connectivity index (χ4n) is 4.29. The first-order valence-electron chi connectivity index (χ1n) is 8.43. The number of nitrogens with zero attached hydrogens (tertiary/aromatic N) is 1. The number of aliphatic carboxylic acids is 1. The number of amides is 1. The van der Waals surface area contributed by atoms with E-state index in [9.17, 15) is 9.59 Å². The molecule has 3 unspecified atom stereocenters. The zero-order valence-electron chi connectivity index (χ0n) is 12.6. The summed E-state index contributed by atoms with van der Waals surface area (Å²) in [4.78, 5) is 25.6. The molecule has 0 bridgehead atoms. The van der Waals surface area contributed by atoms with Gasteiger partial charge in [0, 0.05) is 19.1 Å². The summed E-state index contributed by atoms with van der Waals surface area (Å²) in [5.41, 5.74) is 0. The van der Waals surface area contributed by atoms with E-state index in [0.29, 0.717) is 19.0 Å². The van der Waals surface area contributed by atoms with Gasteiger partial charge in [0.15, 0.2) is 0 Å². The van der Waals surface area contributed by atoms with Gasteiger partial charge >= 0.3 is 5.97 Å². The Kier molecular flexibility index (Phi) is 4.48. The van der Waals surface area contributed by atoms with Gasteiger partial charge in [0.2, 0.25) is 5.91 Å². The third-order valence-corrected chi connectivity index (χ3v) is 5.53. The Balaban J connectivity index is 1.58. The van der Waals surface area contributed by atoms with Gasteiger partial charge in [0.05, 0.1) is 12.0 Å². The standard InChI is InChI=1S/C16H26N2O3/c19-15(18-9-3-5-12(10-18)16(20)21)14-8-7-11-4-1-2-6-13(11)17-14/h11-14,17H,1-10H2,(H,20,21)/t11?,12-,13?,14?/m0/s1. The number of nitrogens with one attached hydrogen (secondary N) is 1. The largest absolute Gasteiger partial charge is 0.481 e. The van der Waals surface area contributed by atoms with Crippen molar-refractivity contribution >= 4 is 11.9 Å². The predicted octanol–water partition coefficient (Wildman–Crippen LogP) is 1.62. The molecule has 4 atom stereocenters. The Bertz CT molecular complexity index is 412. The number of carboxylic acid groups (broad SMARTS) is 1. The molecule has 0 spiro atoms. The van der Waals surface area contributed by atoms with Gasteiger partial charge in [-0.15, -0.1) is 0 Å². The zero-order chi connectivity index (χ0) is 14.8. The highest BCUT2D eigenvalue weighted by Gasteiger charge is 2.37. The molecule has 2 saturated heterocycles. The van der Waals surface area contributed by atoms with Crippen LogP contribution < -0.4 is 5.32 Å². The molecule has 0 radical (unpaired) electrons. The second-order valence-electron chi connectivity index (χ2n) is 6.91. The Labute approximate surface area is 126 Å². The Morgan fingerprint density at radius 2 is 1.81 bits per heavy atom. The Morgan fingerprint density at radius 1 is 1.00 bits per heavy atom. The predicted molar refractivity (Wildman–Crippen MR) is 78.8 cm³/mol. The number of rotatable bonds is 2. The molecule has 3 fully saturated rings. The van der Waals surface area contributed by atoms with Gasteiger partial charge in [0.1, 0.15) is 0 Å². The Hall–Kier alpha value is -1.10. The van der Waals surface area contributed by atoms with E-state index < -0.39 is 5.97 Å². The van der Waals surface area contributed by atoms with Crippen LogP contribution in [0.4, 0.5) is 0 Å². The lowest BCUT2D eigenvalue weighted by molar-refractivity contribution is -0.146. The number of carboxylic acids is 1. The Morgan fingerprint density at radius 3 is 2.62 bits per heavy atom. The molecule has 0 aromatic rings. The lowest BCUT2D eigenvalue weighted by atomic mass is 9.77. The highest BCUT2D eigenvalue weighted by atomic mass is 16.4. The number of likely N-dealkylation sites (tertiary alicyclic amines) is 1. The third kappa shape index (κ3) is 3.23. The molecule has 3 rings (SSSR count). The quantitative estimate of drug-likeness (QED) is 0.812. The maximum absolute atomic E-state index is 12.7. The van der Waals surface area contributed by atoms with Crippen molar-refractivity contribution in [3.63, 3.8) is 0 Å². The van der Waals surface area contributed by atoms with E-state index >= 15 is 0 Å². The van der Waals surface area contributed by atoms with Gasteiger partial charge in [-0.05, 0) is 44.4 Å². The molecule has 3 aliphatic rings. The van der Waals surface area contributed by atoms with Gasteiger partial charge in [-0.1, -0.05) is 12.8 Å². The van der Waals surface area contributed by atoms with Crippen LogP contribution >= 0.6 is 0 Å². The number of fused-ring (bicyclic) bond motifs is 1. The van der Waals surface area contributed by atoms with Crippen molar-refractivity contribution in [2.24, 2.45) is 11.8 Å². The van der Waals surface area contributed by atoms with E-state index in [1.54, 1.807) is 4.90 Å². The third-order valence-electron chi connectivity index (χ3n) is 5.53. The normalized spacial score (nSPS) is 36.9. The van der Waals surface area contributed by atoms with Crippen LogP contribution in [-0.2, 0) is 9.59 Å². The van der Waals surface area contributed by atoms with Gasteiger partial charge in [-0.3, -0.25) is 9.59 Å². The van der Waals surface area contributed by atoms with E-state index in [-0.39, 0.29) is 17.9 Å². The second-order valence-corrected chi connectivity index (χ2v) is 6.91. The topological polar surface area (TPSA) is 69.6 Å². The highest BCUT2D eigenvalue weighted by molar-refractivity contribution is 5.83. The van der Waals surface area contributed by atoms with Crippen LogP contribution in [0.1, 0.15) is 51.4 Å². The molecular formula is C16H26N2O3. The summed E-state index contributed by atoms with van der Waals surface area (Å²) < 4.78 is 0. The number of hydrogen-bond donors (Lipinski definition) is 2. The fourth-order valence-corrected chi connectivity index (χ4v) is 4.29. The highest BCUT2D eigenvalue weighted by Crippen LogP contribution is 2.32. The number of piperidine rings is 2. The van der Waals surface area contributed by atoms with Crippen LogP contribution in [0.5, 0.6) is 0 Å². The van der Waals surface area contributed by atoms with E-state index in [2.05, 4.69) is 5.32 Å². The summed E-state index contributed by atoms with van der Waals surface area (Å²) in [6.45, 7) is 1.11. The molecule has 5 heteroatoms. The minimum absolute atomic E-state index is 0.0862. The SMILES string of the molecule is O=C(O)[C@H]1CCCN(C(=O)C2CCC3CCCCC3N2)C1. The van der Waals surface area contributed by atoms with Crippen LogP contribution in [0.25, 0.3) is 0 Å². The second kappa shape index (κ2) is 6.34. The summed E-state index contributed by atoms with van der Waals surface area (Å²) >= 11 is 0. The molecule has 2 aliphatic heterocycles. The van der Waals surface area contributed by atoms with Gasteiger partial charge in [-0.2, -0.15) is 0 Å². The van der Waals surface area contributed by atoms with Crippen LogP contribution in [-0.4, -0.2) is 47.1 Å². The molecule has 1 amide bonds. The van der Waals surface area contributed by atoms with Crippen LogP contribution in [0.15, 0.2) is 0 Å². The van der Waals surface area contributed by atoms with Crippen molar-refractivity contribution < 1.29 is 14.7 Å². The van der Waals surface area contributed by atoms with Crippen molar-refractivity contribution in [1.29, 1.82) is 0 Å². The lowest BCUT2D eigenvalue weighted by Gasteiger charge is -2.42. The molecule has 5 nitrogen and oxygen atoms in total. The molecule has 1 saturated carbocycles. The molecule has 118 valence electrons. The maximum Gasteiger partial charge on any atom is 0.308 e. The van der Waals surface area contributed by atoms with Crippen LogP contribution in [0.2, 0.25) is 0 Å². The smallest absolute Gasteiger partial charge is 0.308 e. The first-order valence-corrected chi connectivity index (χ1v) is 8.43. The fraction of sp³-hybridized carbons (Fsp3) is 0.875. The molecule has 0 aromatic carbocycles. The first kappa shape index (κ1) is 14.8. The summed E-state index contributed by atoms with van der Waals surface area (Å²) in [5, 5.41) is 12.7. The van der Waals surface area contributed by atoms with E-state index in [1.807, 2.05) is 0 Å². The average molecular weight is 294 g/mol. The van der Waals surface area contributed by atoms with Crippen LogP contribution in [0, 0.1) is 11.8 Å². The molecule has 2 N–H and O–H groups in total. The summed E-state index contributed by atoms with van der Waals surface area (Å²) in [7, 11) is 0. The molecule has 0 aromatic heterocycles. The van der Waals surface area contributed by atoms with Crippen molar-refractivity contribution in [2.45, 2.75) is 63.5 Å². The maximum atomic E-state index is 12.7. The summed E-state index contributed by atoms with van der Waals surface area (Å²) in [6.07, 6.45) is 8.63. The summed E-state index contributed by atoms with van der Waals surface area (Å²) in [6, 6.07) is 0.415. The van der Waals surface area contributed by atoms with E-state index in [1.165, 1.54) is 25.7 Å². The summed E-state index contributed by atoms with van der Waals surface area (Å²) in [5.74, 6) is -0.272. The van der Waals surface area contributed by atoms with Crippen molar-refractivity contribution in [3.8, 4) is 0 Å². The van der Waals surface area contributed by atoms with Gasteiger partial charge in [0.25, 0.3) is 0 Å². The van der Waals surface area contributed by atoms with Gasteiger partial charge in [-0.25, -0.2) is 0 Å². The molecular weight excluding hydrogens is 268 g/mol. The van der Waals surface area contributed by atoms with Crippen molar-refractivity contribution in [3.05, 3.63) is 0 Å². The molecule has 1 aliphatic carbocycles. The number of hydrogen-bond acceptors (Lipinski definition) is 3. The minimum atomic E-state index is -0.767. The average Bonchev–Trinajstić information content (AvgIpc) is 2.53. The number of carbonyl (C=O) groups is 2. The first-order chi connectivity index (χ1) is 10.1. The zero-order valence-corrected chi connectivity index (χ0v) is 12.6. The van der Waals surface area contributed by atoms with Crippen LogP contribution in [0.3, 0.4) is 0 Å². The monoisotopic (exact) mass is 294 g/mol. The lowest BCUT2D eigenvalue weighted by Crippen LogP contribution is -2.57. The van der Waals surface area contributed by atoms with Crippen molar-refractivity contribution in [2.75, 3.05) is 13.1 Å². The molecule has 21 heavy (non-hydrogen) atoms. The van der Waals surface area contributed by atoms with Gasteiger partial charge < -0.3 is 15.3 Å².